The van der Waals surface area contributed by atoms with Gasteiger partial charge in [-0.25, -0.2) is 9.37 Å². The summed E-state index contributed by atoms with van der Waals surface area (Å²) in [5, 5.41) is 1.16. The quantitative estimate of drug-likeness (QED) is 0.605. The number of amides is 1. The molecule has 0 atom stereocenters. The molecule has 1 aliphatic rings. The van der Waals surface area contributed by atoms with Crippen molar-refractivity contribution >= 4 is 38.9 Å². The maximum atomic E-state index is 13.8. The molecular formula is C21H19BrFN3O. The van der Waals surface area contributed by atoms with Crippen LogP contribution in [0.25, 0.3) is 17.1 Å². The summed E-state index contributed by atoms with van der Waals surface area (Å²) in [6.45, 7) is 1.39. The van der Waals surface area contributed by atoms with Gasteiger partial charge in [0.1, 0.15) is 11.5 Å². The lowest BCUT2D eigenvalue weighted by molar-refractivity contribution is -0.126. The van der Waals surface area contributed by atoms with Crippen LogP contribution in [0, 0.1) is 5.82 Å². The number of benzene rings is 1. The second-order valence-corrected chi connectivity index (χ2v) is 7.66. The van der Waals surface area contributed by atoms with Gasteiger partial charge in [0.25, 0.3) is 0 Å². The van der Waals surface area contributed by atoms with Crippen molar-refractivity contribution in [2.45, 2.75) is 18.8 Å². The zero-order chi connectivity index (χ0) is 18.8. The van der Waals surface area contributed by atoms with Gasteiger partial charge < -0.3 is 9.88 Å². The maximum Gasteiger partial charge on any atom is 0.246 e. The van der Waals surface area contributed by atoms with Gasteiger partial charge in [-0.05, 0) is 60.7 Å². The SMILES string of the molecule is O=C(C=Cc1cc(Br)ccc1F)N1CCC(c2c[nH]c3ncccc23)CC1. The molecule has 1 amide bonds. The molecule has 1 fully saturated rings. The van der Waals surface area contributed by atoms with E-state index < -0.39 is 0 Å². The van der Waals surface area contributed by atoms with Crippen molar-refractivity contribution < 1.29 is 9.18 Å². The topological polar surface area (TPSA) is 49.0 Å². The smallest absolute Gasteiger partial charge is 0.246 e. The number of rotatable bonds is 3. The minimum absolute atomic E-state index is 0.0755. The van der Waals surface area contributed by atoms with E-state index in [0.717, 1.165) is 28.3 Å². The molecule has 4 nitrogen and oxygen atoms in total. The molecule has 0 radical (unpaired) electrons. The number of H-pyrrole nitrogens is 1. The van der Waals surface area contributed by atoms with E-state index in [2.05, 4.69) is 32.0 Å². The Bertz CT molecular complexity index is 1010. The zero-order valence-electron chi connectivity index (χ0n) is 14.7. The largest absolute Gasteiger partial charge is 0.346 e. The highest BCUT2D eigenvalue weighted by atomic mass is 79.9. The number of piperidine rings is 1. The number of halogens is 2. The molecule has 1 saturated heterocycles. The average molecular weight is 428 g/mol. The van der Waals surface area contributed by atoms with E-state index in [-0.39, 0.29) is 11.7 Å². The fraction of sp³-hybridized carbons (Fsp3) is 0.238. The zero-order valence-corrected chi connectivity index (χ0v) is 16.2. The van der Waals surface area contributed by atoms with Gasteiger partial charge in [-0.1, -0.05) is 15.9 Å². The van der Waals surface area contributed by atoms with E-state index in [4.69, 9.17) is 0 Å². The Balaban J connectivity index is 1.41. The molecule has 1 N–H and O–H groups in total. The highest BCUT2D eigenvalue weighted by Crippen LogP contribution is 2.32. The number of carbonyl (C=O) groups excluding carboxylic acids is 1. The molecule has 0 saturated carbocycles. The van der Waals surface area contributed by atoms with Crippen molar-refractivity contribution in [3.8, 4) is 0 Å². The second kappa shape index (κ2) is 7.64. The fourth-order valence-electron chi connectivity index (χ4n) is 3.63. The summed E-state index contributed by atoms with van der Waals surface area (Å²) < 4.78 is 14.6. The molecule has 1 aromatic carbocycles. The van der Waals surface area contributed by atoms with Gasteiger partial charge in [0, 0.05) is 47.0 Å². The Morgan fingerprint density at radius 1 is 1.30 bits per heavy atom. The van der Waals surface area contributed by atoms with E-state index in [1.807, 2.05) is 17.2 Å². The van der Waals surface area contributed by atoms with Crippen LogP contribution in [0.15, 0.2) is 53.3 Å². The molecule has 0 spiro atoms. The van der Waals surface area contributed by atoms with Crippen molar-refractivity contribution in [2.75, 3.05) is 13.1 Å². The third-order valence-electron chi connectivity index (χ3n) is 5.09. The van der Waals surface area contributed by atoms with Gasteiger partial charge in [-0.15, -0.1) is 0 Å². The number of aromatic nitrogens is 2. The molecule has 6 heteroatoms. The van der Waals surface area contributed by atoms with Crippen LogP contribution in [0.5, 0.6) is 0 Å². The third kappa shape index (κ3) is 3.81. The Morgan fingerprint density at radius 3 is 2.93 bits per heavy atom. The van der Waals surface area contributed by atoms with E-state index in [1.165, 1.54) is 17.7 Å². The van der Waals surface area contributed by atoms with Crippen molar-refractivity contribution in [1.82, 2.24) is 14.9 Å². The predicted molar refractivity (Wildman–Crippen MR) is 108 cm³/mol. The molecule has 2 aromatic heterocycles. The van der Waals surface area contributed by atoms with Crippen molar-refractivity contribution in [3.05, 3.63) is 70.2 Å². The summed E-state index contributed by atoms with van der Waals surface area (Å²) in [5.41, 5.74) is 2.58. The Labute approximate surface area is 165 Å². The van der Waals surface area contributed by atoms with Gasteiger partial charge in [-0.2, -0.15) is 0 Å². The third-order valence-corrected chi connectivity index (χ3v) is 5.59. The molecule has 0 unspecified atom stereocenters. The molecule has 0 aliphatic carbocycles. The maximum absolute atomic E-state index is 13.8. The summed E-state index contributed by atoms with van der Waals surface area (Å²) in [7, 11) is 0. The summed E-state index contributed by atoms with van der Waals surface area (Å²) >= 11 is 3.32. The highest BCUT2D eigenvalue weighted by molar-refractivity contribution is 9.10. The lowest BCUT2D eigenvalue weighted by atomic mass is 9.89. The first-order chi connectivity index (χ1) is 13.1. The first-order valence-corrected chi connectivity index (χ1v) is 9.75. The minimum Gasteiger partial charge on any atom is -0.346 e. The lowest BCUT2D eigenvalue weighted by Gasteiger charge is -2.31. The second-order valence-electron chi connectivity index (χ2n) is 6.74. The van der Waals surface area contributed by atoms with Crippen LogP contribution in [0.3, 0.4) is 0 Å². The van der Waals surface area contributed by atoms with Gasteiger partial charge in [0.05, 0.1) is 0 Å². The average Bonchev–Trinajstić information content (AvgIpc) is 3.13. The molecule has 0 bridgehead atoms. The standard InChI is InChI=1S/C21H19BrFN3O/c22-16-4-5-19(23)15(12-16)3-6-20(27)26-10-7-14(8-11-26)18-13-25-21-17(18)2-1-9-24-21/h1-6,9,12-14H,7-8,10-11H2,(H,24,25). The predicted octanol–water partition coefficient (Wildman–Crippen LogP) is 4.88. The van der Waals surface area contributed by atoms with Crippen LogP contribution < -0.4 is 0 Å². The summed E-state index contributed by atoms with van der Waals surface area (Å²) in [6, 6.07) is 8.72. The number of hydrogen-bond acceptors (Lipinski definition) is 2. The van der Waals surface area contributed by atoms with Crippen LogP contribution in [-0.2, 0) is 4.79 Å². The molecule has 3 heterocycles. The number of fused-ring (bicyclic) bond motifs is 1. The van der Waals surface area contributed by atoms with E-state index in [1.54, 1.807) is 24.4 Å². The molecule has 4 rings (SSSR count). The number of nitrogens with one attached hydrogen (secondary N) is 1. The van der Waals surface area contributed by atoms with Crippen LogP contribution >= 0.6 is 15.9 Å². The van der Waals surface area contributed by atoms with Crippen molar-refractivity contribution in [1.29, 1.82) is 0 Å². The molecule has 138 valence electrons. The van der Waals surface area contributed by atoms with Crippen LogP contribution in [0.1, 0.15) is 29.9 Å². The first kappa shape index (κ1) is 17.9. The first-order valence-electron chi connectivity index (χ1n) is 8.96. The minimum atomic E-state index is -0.339. The molecule has 27 heavy (non-hydrogen) atoms. The summed E-state index contributed by atoms with van der Waals surface area (Å²) in [6.07, 6.45) is 8.64. The Kier molecular flexibility index (Phi) is 5.07. The van der Waals surface area contributed by atoms with Gasteiger partial charge in [0.15, 0.2) is 0 Å². The Morgan fingerprint density at radius 2 is 2.11 bits per heavy atom. The van der Waals surface area contributed by atoms with Gasteiger partial charge in [-0.3, -0.25) is 4.79 Å². The normalized spacial score (nSPS) is 15.7. The summed E-state index contributed by atoms with van der Waals surface area (Å²) in [4.78, 5) is 21.9. The van der Waals surface area contributed by atoms with Gasteiger partial charge in [0.2, 0.25) is 5.91 Å². The lowest BCUT2D eigenvalue weighted by Crippen LogP contribution is -2.36. The fourth-order valence-corrected chi connectivity index (χ4v) is 4.01. The number of likely N-dealkylation sites (tertiary alicyclic amines) is 1. The number of carbonyl (C=O) groups is 1. The van der Waals surface area contributed by atoms with Crippen LogP contribution in [-0.4, -0.2) is 33.9 Å². The monoisotopic (exact) mass is 427 g/mol. The van der Waals surface area contributed by atoms with E-state index in [9.17, 15) is 9.18 Å². The van der Waals surface area contributed by atoms with Crippen molar-refractivity contribution in [3.63, 3.8) is 0 Å². The number of hydrogen-bond donors (Lipinski definition) is 1. The van der Waals surface area contributed by atoms with Crippen LogP contribution in [0.2, 0.25) is 0 Å². The molecular weight excluding hydrogens is 409 g/mol. The number of pyridine rings is 1. The number of aromatic amines is 1. The Hall–Kier alpha value is -2.47. The number of nitrogens with zero attached hydrogens (tertiary/aromatic N) is 2. The molecule has 1 aliphatic heterocycles. The molecule has 3 aromatic rings. The highest BCUT2D eigenvalue weighted by Gasteiger charge is 2.24. The van der Waals surface area contributed by atoms with E-state index in [0.29, 0.717) is 24.6 Å². The van der Waals surface area contributed by atoms with Crippen LogP contribution in [0.4, 0.5) is 4.39 Å². The van der Waals surface area contributed by atoms with Gasteiger partial charge >= 0.3 is 0 Å². The summed E-state index contributed by atoms with van der Waals surface area (Å²) in [5.74, 6) is 0.000764. The van der Waals surface area contributed by atoms with E-state index >= 15 is 0 Å². The van der Waals surface area contributed by atoms with Crippen molar-refractivity contribution in [2.24, 2.45) is 0 Å².